The van der Waals surface area contributed by atoms with Crippen molar-refractivity contribution in [2.24, 2.45) is 0 Å². The van der Waals surface area contributed by atoms with Crippen LogP contribution in [0.5, 0.6) is 5.75 Å². The number of nitrogens with zero attached hydrogens (tertiary/aromatic N) is 1. The smallest absolute Gasteiger partial charge is 0.341 e. The number of carbonyl (C=O) groups excluding carboxylic acids is 2. The molecule has 0 radical (unpaired) electrons. The van der Waals surface area contributed by atoms with Gasteiger partial charge in [0.15, 0.2) is 0 Å². The van der Waals surface area contributed by atoms with E-state index in [1.807, 2.05) is 62.4 Å². The van der Waals surface area contributed by atoms with Crippen LogP contribution in [0.15, 0.2) is 54.6 Å². The summed E-state index contributed by atoms with van der Waals surface area (Å²) in [5, 5.41) is 4.12. The van der Waals surface area contributed by atoms with Crippen LogP contribution in [0.3, 0.4) is 0 Å². The summed E-state index contributed by atoms with van der Waals surface area (Å²) in [6.45, 7) is 3.75. The number of ether oxygens (including phenoxy) is 2. The molecule has 0 aliphatic heterocycles. The van der Waals surface area contributed by atoms with Gasteiger partial charge in [0, 0.05) is 15.8 Å². The molecule has 1 amide bonds. The first-order valence-electron chi connectivity index (χ1n) is 9.96. The van der Waals surface area contributed by atoms with Crippen molar-refractivity contribution < 1.29 is 19.1 Å². The second-order valence-electron chi connectivity index (χ2n) is 7.24. The number of nitrogens with one attached hydrogen (secondary N) is 1. The summed E-state index contributed by atoms with van der Waals surface area (Å²) in [7, 11) is 2.94. The molecule has 0 spiro atoms. The van der Waals surface area contributed by atoms with Crippen LogP contribution in [0.1, 0.15) is 31.2 Å². The predicted octanol–water partition coefficient (Wildman–Crippen LogP) is 5.63. The number of hydrogen-bond acceptors (Lipinski definition) is 6. The largest absolute Gasteiger partial charge is 0.497 e. The molecule has 1 N–H and O–H groups in total. The van der Waals surface area contributed by atoms with E-state index in [1.54, 1.807) is 13.2 Å². The monoisotopic (exact) mass is 446 g/mol. The van der Waals surface area contributed by atoms with E-state index in [0.29, 0.717) is 33.1 Å². The van der Waals surface area contributed by atoms with Gasteiger partial charge < -0.3 is 14.8 Å². The molecule has 0 aliphatic rings. The van der Waals surface area contributed by atoms with Gasteiger partial charge in [0.05, 0.1) is 36.6 Å². The summed E-state index contributed by atoms with van der Waals surface area (Å²) < 4.78 is 10.3. The van der Waals surface area contributed by atoms with E-state index in [-0.39, 0.29) is 5.91 Å². The minimum atomic E-state index is -0.473. The molecule has 0 bridgehead atoms. The highest BCUT2D eigenvalue weighted by Gasteiger charge is 2.23. The van der Waals surface area contributed by atoms with Crippen LogP contribution in [0.25, 0.3) is 22.2 Å². The number of hydrogen-bond donors (Lipinski definition) is 1. The average Bonchev–Trinajstić information content (AvgIpc) is 3.10. The van der Waals surface area contributed by atoms with Crippen molar-refractivity contribution in [3.63, 3.8) is 0 Å². The van der Waals surface area contributed by atoms with Crippen LogP contribution in [0.2, 0.25) is 0 Å². The van der Waals surface area contributed by atoms with Crippen LogP contribution in [0, 0.1) is 13.8 Å². The number of rotatable bonds is 5. The second kappa shape index (κ2) is 8.80. The molecule has 0 saturated heterocycles. The zero-order valence-corrected chi connectivity index (χ0v) is 19.0. The Morgan fingerprint density at radius 3 is 2.53 bits per heavy atom. The molecule has 0 fully saturated rings. The summed E-state index contributed by atoms with van der Waals surface area (Å²) in [5.74, 6) is -0.0892. The molecule has 2 aromatic heterocycles. The minimum absolute atomic E-state index is 0.320. The van der Waals surface area contributed by atoms with Gasteiger partial charge in [0.25, 0.3) is 5.91 Å². The molecule has 0 aliphatic carbocycles. The molecule has 4 rings (SSSR count). The Labute approximate surface area is 189 Å². The SMILES string of the molecule is COC(=O)c1c(NC(=O)c2cc(-c3cccc(OC)c3)nc3ccccc23)sc(C)c1C. The number of pyridine rings is 1. The summed E-state index contributed by atoms with van der Waals surface area (Å²) in [5.41, 5.74) is 3.84. The summed E-state index contributed by atoms with van der Waals surface area (Å²) >= 11 is 1.35. The number of fused-ring (bicyclic) bond motifs is 1. The highest BCUT2D eigenvalue weighted by atomic mass is 32.1. The number of anilines is 1. The van der Waals surface area contributed by atoms with E-state index < -0.39 is 5.97 Å². The Hall–Kier alpha value is -3.71. The predicted molar refractivity (Wildman–Crippen MR) is 127 cm³/mol. The van der Waals surface area contributed by atoms with E-state index in [1.165, 1.54) is 18.4 Å². The molecule has 0 saturated carbocycles. The summed E-state index contributed by atoms with van der Waals surface area (Å²) in [4.78, 5) is 31.4. The number of amides is 1. The molecule has 2 aromatic carbocycles. The first-order valence-corrected chi connectivity index (χ1v) is 10.8. The van der Waals surface area contributed by atoms with Gasteiger partial charge in [0.1, 0.15) is 10.8 Å². The number of aryl methyl sites for hydroxylation is 1. The van der Waals surface area contributed by atoms with Gasteiger partial charge in [-0.2, -0.15) is 0 Å². The van der Waals surface area contributed by atoms with Crippen molar-refractivity contribution in [2.45, 2.75) is 13.8 Å². The van der Waals surface area contributed by atoms with Gasteiger partial charge >= 0.3 is 5.97 Å². The molecular formula is C25H22N2O4S. The molecule has 32 heavy (non-hydrogen) atoms. The van der Waals surface area contributed by atoms with E-state index in [2.05, 4.69) is 5.32 Å². The van der Waals surface area contributed by atoms with Crippen LogP contribution >= 0.6 is 11.3 Å². The average molecular weight is 447 g/mol. The van der Waals surface area contributed by atoms with E-state index >= 15 is 0 Å². The third-order valence-corrected chi connectivity index (χ3v) is 6.45. The van der Waals surface area contributed by atoms with Crippen LogP contribution in [-0.4, -0.2) is 31.1 Å². The van der Waals surface area contributed by atoms with Crippen molar-refractivity contribution in [3.8, 4) is 17.0 Å². The first kappa shape index (κ1) is 21.5. The zero-order chi connectivity index (χ0) is 22.8. The Morgan fingerprint density at radius 2 is 1.78 bits per heavy atom. The molecule has 0 unspecified atom stereocenters. The Bertz CT molecular complexity index is 1340. The fourth-order valence-electron chi connectivity index (χ4n) is 3.53. The van der Waals surface area contributed by atoms with E-state index in [4.69, 9.17) is 14.5 Å². The van der Waals surface area contributed by atoms with Gasteiger partial charge in [-0.05, 0) is 43.7 Å². The maximum atomic E-state index is 13.4. The highest BCUT2D eigenvalue weighted by molar-refractivity contribution is 7.16. The molecule has 4 aromatic rings. The second-order valence-corrected chi connectivity index (χ2v) is 8.46. The van der Waals surface area contributed by atoms with Gasteiger partial charge in [-0.25, -0.2) is 9.78 Å². The Morgan fingerprint density at radius 1 is 1.00 bits per heavy atom. The molecule has 2 heterocycles. The minimum Gasteiger partial charge on any atom is -0.497 e. The summed E-state index contributed by atoms with van der Waals surface area (Å²) in [6, 6.07) is 16.8. The van der Waals surface area contributed by atoms with Gasteiger partial charge in [0.2, 0.25) is 0 Å². The number of para-hydroxylation sites is 1. The van der Waals surface area contributed by atoms with Crippen LogP contribution in [-0.2, 0) is 4.74 Å². The maximum Gasteiger partial charge on any atom is 0.341 e. The van der Waals surface area contributed by atoms with E-state index in [0.717, 1.165) is 21.4 Å². The third kappa shape index (κ3) is 3.94. The number of benzene rings is 2. The van der Waals surface area contributed by atoms with Crippen LogP contribution in [0.4, 0.5) is 5.00 Å². The van der Waals surface area contributed by atoms with Crippen molar-refractivity contribution >= 4 is 39.1 Å². The topological polar surface area (TPSA) is 77.5 Å². The van der Waals surface area contributed by atoms with Crippen molar-refractivity contribution in [2.75, 3.05) is 19.5 Å². The lowest BCUT2D eigenvalue weighted by atomic mass is 10.0. The van der Waals surface area contributed by atoms with Crippen LogP contribution < -0.4 is 10.1 Å². The Balaban J connectivity index is 1.81. The number of esters is 1. The lowest BCUT2D eigenvalue weighted by molar-refractivity contribution is 0.0601. The molecule has 7 heteroatoms. The molecular weight excluding hydrogens is 424 g/mol. The van der Waals surface area contributed by atoms with Gasteiger partial charge in [-0.1, -0.05) is 30.3 Å². The van der Waals surface area contributed by atoms with Crippen molar-refractivity contribution in [1.82, 2.24) is 4.98 Å². The number of thiophene rings is 1. The number of aromatic nitrogens is 1. The normalized spacial score (nSPS) is 10.8. The zero-order valence-electron chi connectivity index (χ0n) is 18.2. The van der Waals surface area contributed by atoms with Gasteiger partial charge in [-0.3, -0.25) is 4.79 Å². The molecule has 6 nitrogen and oxygen atoms in total. The lowest BCUT2D eigenvalue weighted by Crippen LogP contribution is -2.15. The Kier molecular flexibility index (Phi) is 5.92. The van der Waals surface area contributed by atoms with Gasteiger partial charge in [-0.15, -0.1) is 11.3 Å². The fourth-order valence-corrected chi connectivity index (χ4v) is 4.57. The van der Waals surface area contributed by atoms with Crippen molar-refractivity contribution in [3.05, 3.63) is 76.2 Å². The third-order valence-electron chi connectivity index (χ3n) is 5.33. The quantitative estimate of drug-likeness (QED) is 0.402. The lowest BCUT2D eigenvalue weighted by Gasteiger charge is -2.11. The molecule has 0 atom stereocenters. The van der Waals surface area contributed by atoms with Crippen molar-refractivity contribution in [1.29, 1.82) is 0 Å². The molecule has 162 valence electrons. The highest BCUT2D eigenvalue weighted by Crippen LogP contribution is 2.34. The number of carbonyl (C=O) groups is 2. The summed E-state index contributed by atoms with van der Waals surface area (Å²) in [6.07, 6.45) is 0. The first-order chi connectivity index (χ1) is 15.4. The standard InChI is InChI=1S/C25H22N2O4S/c1-14-15(2)32-24(22(14)25(29)31-4)27-23(28)19-13-21(16-8-7-9-17(12-16)30-3)26-20-11-6-5-10-18(19)20/h5-13H,1-4H3,(H,27,28). The maximum absolute atomic E-state index is 13.4. The number of methoxy groups -OCH3 is 2. The van der Waals surface area contributed by atoms with E-state index in [9.17, 15) is 9.59 Å². The fraction of sp³-hybridized carbons (Fsp3) is 0.160.